The van der Waals surface area contributed by atoms with Crippen LogP contribution in [0.1, 0.15) is 11.3 Å². The molecule has 0 bridgehead atoms. The third-order valence-electron chi connectivity index (χ3n) is 2.56. The van der Waals surface area contributed by atoms with Crippen molar-refractivity contribution >= 4 is 34.4 Å². The minimum absolute atomic E-state index is 0.0999. The fourth-order valence-corrected chi connectivity index (χ4v) is 2.26. The maximum atomic E-state index is 11.8. The Kier molecular flexibility index (Phi) is 5.22. The van der Waals surface area contributed by atoms with E-state index < -0.39 is 0 Å². The second kappa shape index (κ2) is 7.35. The van der Waals surface area contributed by atoms with Crippen LogP contribution in [0.3, 0.4) is 0 Å². The first-order chi connectivity index (χ1) is 10.2. The monoisotopic (exact) mass is 302 g/mol. The zero-order chi connectivity index (χ0) is 15.1. The molecular weight excluding hydrogens is 288 g/mol. The lowest BCUT2D eigenvalue weighted by molar-refractivity contribution is -0.139. The van der Waals surface area contributed by atoms with Gasteiger partial charge in [0, 0.05) is 11.5 Å². The average Bonchev–Trinajstić information content (AvgIpc) is 2.93. The van der Waals surface area contributed by atoms with Crippen molar-refractivity contribution in [3.63, 3.8) is 0 Å². The second-order valence-corrected chi connectivity index (χ2v) is 4.99. The summed E-state index contributed by atoms with van der Waals surface area (Å²) in [4.78, 5) is 27.0. The third-order valence-corrected chi connectivity index (χ3v) is 3.37. The van der Waals surface area contributed by atoms with E-state index in [4.69, 9.17) is 0 Å². The number of nitrogens with one attached hydrogen (secondary N) is 1. The van der Waals surface area contributed by atoms with Gasteiger partial charge in [0.1, 0.15) is 0 Å². The summed E-state index contributed by atoms with van der Waals surface area (Å²) in [6.07, 6.45) is 3.26. The van der Waals surface area contributed by atoms with Gasteiger partial charge in [0.15, 0.2) is 5.13 Å². The highest BCUT2D eigenvalue weighted by Gasteiger charge is 2.08. The van der Waals surface area contributed by atoms with E-state index in [1.54, 1.807) is 11.5 Å². The Bertz CT molecular complexity index is 650. The van der Waals surface area contributed by atoms with Gasteiger partial charge >= 0.3 is 5.97 Å². The molecule has 0 saturated heterocycles. The normalized spacial score (nSPS) is 10.5. The van der Waals surface area contributed by atoms with E-state index in [1.807, 2.05) is 30.3 Å². The van der Waals surface area contributed by atoms with Crippen LogP contribution in [0.15, 0.2) is 41.8 Å². The molecule has 1 amide bonds. The number of esters is 1. The molecule has 108 valence electrons. The first-order valence-electron chi connectivity index (χ1n) is 6.22. The number of hydrogen-bond donors (Lipinski definition) is 1. The Morgan fingerprint density at radius 1 is 1.33 bits per heavy atom. The fourth-order valence-electron chi connectivity index (χ4n) is 1.55. The SMILES string of the molecule is COC(=O)Cc1csc(NC(=O)/C=C/c2ccccc2)n1. The molecule has 2 rings (SSSR count). The van der Waals surface area contributed by atoms with Crippen LogP contribution in [-0.2, 0) is 20.7 Å². The van der Waals surface area contributed by atoms with Crippen LogP contribution >= 0.6 is 11.3 Å². The lowest BCUT2D eigenvalue weighted by Crippen LogP contribution is -2.08. The standard InChI is InChI=1S/C15H14N2O3S/c1-20-14(19)9-12-10-21-15(16-12)17-13(18)8-7-11-5-3-2-4-6-11/h2-8,10H,9H2,1H3,(H,16,17,18)/b8-7+. The molecule has 1 aromatic carbocycles. The van der Waals surface area contributed by atoms with Gasteiger partial charge in [-0.2, -0.15) is 0 Å². The number of rotatable bonds is 5. The van der Waals surface area contributed by atoms with Crippen LogP contribution in [0.25, 0.3) is 6.08 Å². The Morgan fingerprint density at radius 2 is 2.10 bits per heavy atom. The summed E-state index contributed by atoms with van der Waals surface area (Å²) in [7, 11) is 1.33. The van der Waals surface area contributed by atoms with Gasteiger partial charge in [0.05, 0.1) is 19.2 Å². The zero-order valence-electron chi connectivity index (χ0n) is 11.4. The van der Waals surface area contributed by atoms with Crippen LogP contribution in [0.4, 0.5) is 5.13 Å². The van der Waals surface area contributed by atoms with Crippen molar-refractivity contribution < 1.29 is 14.3 Å². The molecule has 2 aromatic rings. The molecule has 6 heteroatoms. The van der Waals surface area contributed by atoms with E-state index in [0.717, 1.165) is 5.56 Å². The highest BCUT2D eigenvalue weighted by molar-refractivity contribution is 7.14. The molecule has 0 aliphatic carbocycles. The number of methoxy groups -OCH3 is 1. The Balaban J connectivity index is 1.91. The van der Waals surface area contributed by atoms with Crippen molar-refractivity contribution in [1.29, 1.82) is 0 Å². The molecule has 0 spiro atoms. The van der Waals surface area contributed by atoms with Crippen LogP contribution in [-0.4, -0.2) is 24.0 Å². The third kappa shape index (κ3) is 4.85. The highest BCUT2D eigenvalue weighted by atomic mass is 32.1. The van der Waals surface area contributed by atoms with Crippen LogP contribution in [0.5, 0.6) is 0 Å². The highest BCUT2D eigenvalue weighted by Crippen LogP contribution is 2.16. The number of amides is 1. The van der Waals surface area contributed by atoms with Crippen molar-refractivity contribution in [3.05, 3.63) is 53.0 Å². The van der Waals surface area contributed by atoms with Crippen molar-refractivity contribution in [2.45, 2.75) is 6.42 Å². The van der Waals surface area contributed by atoms with Gasteiger partial charge in [-0.1, -0.05) is 30.3 Å². The summed E-state index contributed by atoms with van der Waals surface area (Å²) in [5, 5.41) is 4.82. The molecule has 1 aromatic heterocycles. The summed E-state index contributed by atoms with van der Waals surface area (Å²) in [6, 6.07) is 9.52. The number of ether oxygens (including phenoxy) is 1. The quantitative estimate of drug-likeness (QED) is 0.680. The molecule has 1 N–H and O–H groups in total. The van der Waals surface area contributed by atoms with Crippen molar-refractivity contribution in [2.24, 2.45) is 0 Å². The molecule has 0 fully saturated rings. The number of carbonyl (C=O) groups excluding carboxylic acids is 2. The van der Waals surface area contributed by atoms with Crippen LogP contribution in [0.2, 0.25) is 0 Å². The molecule has 5 nitrogen and oxygen atoms in total. The molecule has 0 saturated carbocycles. The first-order valence-corrected chi connectivity index (χ1v) is 7.10. The van der Waals surface area contributed by atoms with E-state index in [1.165, 1.54) is 24.5 Å². The average molecular weight is 302 g/mol. The minimum atomic E-state index is -0.359. The number of hydrogen-bond acceptors (Lipinski definition) is 5. The van der Waals surface area contributed by atoms with Gasteiger partial charge in [0.25, 0.3) is 0 Å². The maximum Gasteiger partial charge on any atom is 0.311 e. The Hall–Kier alpha value is -2.47. The van der Waals surface area contributed by atoms with Gasteiger partial charge < -0.3 is 4.74 Å². The minimum Gasteiger partial charge on any atom is -0.469 e. The van der Waals surface area contributed by atoms with Crippen molar-refractivity contribution in [2.75, 3.05) is 12.4 Å². The molecule has 0 unspecified atom stereocenters. The van der Waals surface area contributed by atoms with E-state index in [9.17, 15) is 9.59 Å². The molecule has 0 aliphatic heterocycles. The van der Waals surface area contributed by atoms with Gasteiger partial charge in [-0.15, -0.1) is 11.3 Å². The van der Waals surface area contributed by atoms with E-state index in [2.05, 4.69) is 15.0 Å². The zero-order valence-corrected chi connectivity index (χ0v) is 12.2. The molecule has 1 heterocycles. The predicted molar refractivity (Wildman–Crippen MR) is 81.9 cm³/mol. The summed E-state index contributed by atoms with van der Waals surface area (Å²) >= 11 is 1.27. The summed E-state index contributed by atoms with van der Waals surface area (Å²) < 4.78 is 4.56. The lowest BCUT2D eigenvalue weighted by atomic mass is 10.2. The predicted octanol–water partition coefficient (Wildman–Crippen LogP) is 2.51. The van der Waals surface area contributed by atoms with Crippen molar-refractivity contribution in [3.8, 4) is 0 Å². The topological polar surface area (TPSA) is 68.3 Å². The Labute approximate surface area is 126 Å². The van der Waals surface area contributed by atoms with Crippen molar-refractivity contribution in [1.82, 2.24) is 4.98 Å². The van der Waals surface area contributed by atoms with Gasteiger partial charge in [-0.05, 0) is 11.6 Å². The van der Waals surface area contributed by atoms with Crippen LogP contribution < -0.4 is 5.32 Å². The van der Waals surface area contributed by atoms with Gasteiger partial charge in [0.2, 0.25) is 5.91 Å². The number of aromatic nitrogens is 1. The molecule has 0 aliphatic rings. The van der Waals surface area contributed by atoms with E-state index in [0.29, 0.717) is 10.8 Å². The van der Waals surface area contributed by atoms with E-state index >= 15 is 0 Å². The first kappa shape index (κ1) is 14.9. The molecule has 0 atom stereocenters. The fraction of sp³-hybridized carbons (Fsp3) is 0.133. The second-order valence-electron chi connectivity index (χ2n) is 4.13. The number of thiazole rings is 1. The van der Waals surface area contributed by atoms with Crippen LogP contribution in [0, 0.1) is 0 Å². The maximum absolute atomic E-state index is 11.8. The molecule has 21 heavy (non-hydrogen) atoms. The lowest BCUT2D eigenvalue weighted by Gasteiger charge is -1.97. The van der Waals surface area contributed by atoms with Gasteiger partial charge in [-0.25, -0.2) is 4.98 Å². The number of carbonyl (C=O) groups is 2. The number of benzene rings is 1. The Morgan fingerprint density at radius 3 is 2.81 bits per heavy atom. The smallest absolute Gasteiger partial charge is 0.311 e. The summed E-state index contributed by atoms with van der Waals surface area (Å²) in [5.74, 6) is -0.625. The number of anilines is 1. The molecular formula is C15H14N2O3S. The summed E-state index contributed by atoms with van der Waals surface area (Å²) in [5.41, 5.74) is 1.52. The number of nitrogens with zero attached hydrogens (tertiary/aromatic N) is 1. The summed E-state index contributed by atoms with van der Waals surface area (Å²) in [6.45, 7) is 0. The largest absolute Gasteiger partial charge is 0.469 e. The van der Waals surface area contributed by atoms with E-state index in [-0.39, 0.29) is 18.3 Å². The van der Waals surface area contributed by atoms with Gasteiger partial charge in [-0.3, -0.25) is 14.9 Å². The molecule has 0 radical (unpaired) electrons.